The van der Waals surface area contributed by atoms with Gasteiger partial charge in [0.1, 0.15) is 0 Å². The summed E-state index contributed by atoms with van der Waals surface area (Å²) in [6, 6.07) is 0. The lowest BCUT2D eigenvalue weighted by Crippen LogP contribution is -2.37. The molecule has 1 aliphatic rings. The first-order chi connectivity index (χ1) is 6.02. The number of hydrogen-bond donors (Lipinski definition) is 1. The van der Waals surface area contributed by atoms with Crippen molar-refractivity contribution in [2.45, 2.75) is 40.0 Å². The molecular formula is C11H21NO. The molecule has 1 fully saturated rings. The van der Waals surface area contributed by atoms with Gasteiger partial charge >= 0.3 is 0 Å². The lowest BCUT2D eigenvalue weighted by Gasteiger charge is -2.35. The molecule has 2 heteroatoms. The third kappa shape index (κ3) is 2.45. The molecule has 3 atom stereocenters. The summed E-state index contributed by atoms with van der Waals surface area (Å²) in [6.07, 6.45) is 3.43. The fourth-order valence-corrected chi connectivity index (χ4v) is 2.53. The molecule has 1 amide bonds. The Labute approximate surface area is 80.9 Å². The Kier molecular flexibility index (Phi) is 3.34. The largest absolute Gasteiger partial charge is 0.369 e. The fraction of sp³-hybridized carbons (Fsp3) is 0.909. The minimum atomic E-state index is -0.0924. The molecule has 1 rings (SSSR count). The second-order valence-corrected chi connectivity index (χ2v) is 4.83. The van der Waals surface area contributed by atoms with E-state index in [4.69, 9.17) is 5.73 Å². The van der Waals surface area contributed by atoms with Crippen LogP contribution in [0.5, 0.6) is 0 Å². The molecule has 2 N–H and O–H groups in total. The van der Waals surface area contributed by atoms with Gasteiger partial charge in [0.25, 0.3) is 0 Å². The van der Waals surface area contributed by atoms with E-state index in [2.05, 4.69) is 20.8 Å². The Morgan fingerprint density at radius 3 is 2.46 bits per heavy atom. The number of primary amides is 1. The van der Waals surface area contributed by atoms with Crippen molar-refractivity contribution in [2.75, 3.05) is 0 Å². The Hall–Kier alpha value is -0.530. The third-order valence-electron chi connectivity index (χ3n) is 3.39. The van der Waals surface area contributed by atoms with Crippen molar-refractivity contribution in [1.82, 2.24) is 0 Å². The normalized spacial score (nSPS) is 34.9. The van der Waals surface area contributed by atoms with E-state index in [1.807, 2.05) is 0 Å². The monoisotopic (exact) mass is 183 g/mol. The van der Waals surface area contributed by atoms with Crippen LogP contribution in [0, 0.1) is 23.7 Å². The van der Waals surface area contributed by atoms with Crippen LogP contribution in [0.1, 0.15) is 40.0 Å². The maximum Gasteiger partial charge on any atom is 0.220 e. The van der Waals surface area contributed by atoms with Crippen molar-refractivity contribution in [3.05, 3.63) is 0 Å². The SMILES string of the molecule is CC(C)[C@@H]1CC[C@H](C)C[C@@H]1C(N)=O. The average Bonchev–Trinajstić information content (AvgIpc) is 2.03. The Morgan fingerprint density at radius 1 is 1.38 bits per heavy atom. The van der Waals surface area contributed by atoms with E-state index in [0.717, 1.165) is 6.42 Å². The van der Waals surface area contributed by atoms with Crippen molar-refractivity contribution in [3.8, 4) is 0 Å². The molecule has 0 unspecified atom stereocenters. The number of carbonyl (C=O) groups is 1. The van der Waals surface area contributed by atoms with Crippen molar-refractivity contribution in [3.63, 3.8) is 0 Å². The highest BCUT2D eigenvalue weighted by atomic mass is 16.1. The molecule has 0 bridgehead atoms. The van der Waals surface area contributed by atoms with E-state index >= 15 is 0 Å². The fourth-order valence-electron chi connectivity index (χ4n) is 2.53. The van der Waals surface area contributed by atoms with Crippen LogP contribution in [0.2, 0.25) is 0 Å². The van der Waals surface area contributed by atoms with Gasteiger partial charge in [0.15, 0.2) is 0 Å². The van der Waals surface area contributed by atoms with Crippen LogP contribution in [-0.2, 0) is 4.79 Å². The highest BCUT2D eigenvalue weighted by Gasteiger charge is 2.33. The first-order valence-corrected chi connectivity index (χ1v) is 5.31. The van der Waals surface area contributed by atoms with Gasteiger partial charge in [-0.15, -0.1) is 0 Å². The first kappa shape index (κ1) is 10.6. The zero-order chi connectivity index (χ0) is 10.0. The Bertz CT molecular complexity index is 189. The number of nitrogens with two attached hydrogens (primary N) is 1. The van der Waals surface area contributed by atoms with E-state index < -0.39 is 0 Å². The van der Waals surface area contributed by atoms with Crippen LogP contribution in [0.15, 0.2) is 0 Å². The molecule has 13 heavy (non-hydrogen) atoms. The maximum atomic E-state index is 11.2. The van der Waals surface area contributed by atoms with Crippen LogP contribution >= 0.6 is 0 Å². The van der Waals surface area contributed by atoms with Gasteiger partial charge in [-0.05, 0) is 30.6 Å². The zero-order valence-corrected chi connectivity index (χ0v) is 8.92. The van der Waals surface area contributed by atoms with E-state index in [9.17, 15) is 4.79 Å². The highest BCUT2D eigenvalue weighted by molar-refractivity contribution is 5.77. The number of amides is 1. The predicted molar refractivity (Wildman–Crippen MR) is 54.0 cm³/mol. The summed E-state index contributed by atoms with van der Waals surface area (Å²) in [4.78, 5) is 11.2. The van der Waals surface area contributed by atoms with E-state index in [0.29, 0.717) is 17.8 Å². The minimum Gasteiger partial charge on any atom is -0.369 e. The van der Waals surface area contributed by atoms with Gasteiger partial charge in [-0.25, -0.2) is 0 Å². The van der Waals surface area contributed by atoms with Crippen LogP contribution < -0.4 is 5.73 Å². The highest BCUT2D eigenvalue weighted by Crippen LogP contribution is 2.37. The van der Waals surface area contributed by atoms with Crippen LogP contribution in [0.4, 0.5) is 0 Å². The molecule has 2 nitrogen and oxygen atoms in total. The molecule has 0 spiro atoms. The van der Waals surface area contributed by atoms with E-state index in [1.165, 1.54) is 12.8 Å². The summed E-state index contributed by atoms with van der Waals surface area (Å²) in [7, 11) is 0. The maximum absolute atomic E-state index is 11.2. The molecule has 0 aliphatic heterocycles. The molecule has 0 aromatic rings. The lowest BCUT2D eigenvalue weighted by atomic mass is 9.70. The summed E-state index contributed by atoms with van der Waals surface area (Å²) < 4.78 is 0. The van der Waals surface area contributed by atoms with Crippen LogP contribution in [0.25, 0.3) is 0 Å². The zero-order valence-electron chi connectivity index (χ0n) is 8.92. The van der Waals surface area contributed by atoms with Crippen molar-refractivity contribution in [1.29, 1.82) is 0 Å². The molecular weight excluding hydrogens is 162 g/mol. The summed E-state index contributed by atoms with van der Waals surface area (Å²) in [6.45, 7) is 6.60. The van der Waals surface area contributed by atoms with Crippen molar-refractivity contribution < 1.29 is 4.79 Å². The van der Waals surface area contributed by atoms with Gasteiger partial charge in [-0.2, -0.15) is 0 Å². The summed E-state index contributed by atoms with van der Waals surface area (Å²) in [5, 5.41) is 0. The van der Waals surface area contributed by atoms with Crippen molar-refractivity contribution >= 4 is 5.91 Å². The van der Waals surface area contributed by atoms with Gasteiger partial charge in [-0.3, -0.25) is 4.79 Å². The average molecular weight is 183 g/mol. The topological polar surface area (TPSA) is 43.1 Å². The summed E-state index contributed by atoms with van der Waals surface area (Å²) >= 11 is 0. The molecule has 1 aliphatic carbocycles. The lowest BCUT2D eigenvalue weighted by molar-refractivity contribution is -0.125. The Balaban J connectivity index is 2.66. The molecule has 0 radical (unpaired) electrons. The second-order valence-electron chi connectivity index (χ2n) is 4.83. The minimum absolute atomic E-state index is 0.0924. The smallest absolute Gasteiger partial charge is 0.220 e. The summed E-state index contributed by atoms with van der Waals surface area (Å²) in [5.74, 6) is 1.82. The standard InChI is InChI=1S/C11H21NO/c1-7(2)9-5-4-8(3)6-10(9)11(12)13/h7-10H,4-6H2,1-3H3,(H2,12,13)/t8-,9-,10-/m0/s1. The molecule has 0 aromatic heterocycles. The molecule has 0 saturated heterocycles. The summed E-state index contributed by atoms with van der Waals surface area (Å²) in [5.41, 5.74) is 5.42. The molecule has 0 heterocycles. The molecule has 76 valence electrons. The van der Waals surface area contributed by atoms with E-state index in [1.54, 1.807) is 0 Å². The van der Waals surface area contributed by atoms with Crippen molar-refractivity contribution in [2.24, 2.45) is 29.4 Å². The Morgan fingerprint density at radius 2 is 2.00 bits per heavy atom. The van der Waals surface area contributed by atoms with Gasteiger partial charge in [0, 0.05) is 5.92 Å². The number of carbonyl (C=O) groups excluding carboxylic acids is 1. The third-order valence-corrected chi connectivity index (χ3v) is 3.39. The molecule has 1 saturated carbocycles. The van der Waals surface area contributed by atoms with E-state index in [-0.39, 0.29) is 11.8 Å². The van der Waals surface area contributed by atoms with Gasteiger partial charge < -0.3 is 5.73 Å². The van der Waals surface area contributed by atoms with Gasteiger partial charge in [0.05, 0.1) is 0 Å². The van der Waals surface area contributed by atoms with Crippen LogP contribution in [-0.4, -0.2) is 5.91 Å². The quantitative estimate of drug-likeness (QED) is 0.700. The second kappa shape index (κ2) is 4.12. The molecule has 0 aromatic carbocycles. The number of rotatable bonds is 2. The van der Waals surface area contributed by atoms with Gasteiger partial charge in [-0.1, -0.05) is 27.2 Å². The predicted octanol–water partition coefficient (Wildman–Crippen LogP) is 2.18. The number of hydrogen-bond acceptors (Lipinski definition) is 1. The van der Waals surface area contributed by atoms with Gasteiger partial charge in [0.2, 0.25) is 5.91 Å². The first-order valence-electron chi connectivity index (χ1n) is 5.31. The van der Waals surface area contributed by atoms with Crippen LogP contribution in [0.3, 0.4) is 0 Å².